The molecule has 0 N–H and O–H groups in total. The number of carbonyl (C=O) groups excluding carboxylic acids is 1. The third-order valence-electron chi connectivity index (χ3n) is 6.40. The van der Waals surface area contributed by atoms with Crippen molar-refractivity contribution in [1.29, 1.82) is 0 Å². The molecule has 3 nitrogen and oxygen atoms in total. The summed E-state index contributed by atoms with van der Waals surface area (Å²) in [5.41, 5.74) is 1.25. The molecule has 1 amide bonds. The van der Waals surface area contributed by atoms with Gasteiger partial charge in [-0.25, -0.2) is 0 Å². The van der Waals surface area contributed by atoms with Crippen LogP contribution in [0, 0.1) is 17.8 Å². The Morgan fingerprint density at radius 1 is 1.17 bits per heavy atom. The van der Waals surface area contributed by atoms with E-state index in [1.807, 2.05) is 12.1 Å². The Balaban J connectivity index is 1.43. The normalized spacial score (nSPS) is 32.5. The van der Waals surface area contributed by atoms with E-state index < -0.39 is 0 Å². The van der Waals surface area contributed by atoms with E-state index in [2.05, 4.69) is 17.0 Å². The molecular weight excluding hydrogens is 286 g/mol. The summed E-state index contributed by atoms with van der Waals surface area (Å²) in [6, 6.07) is 8.52. The minimum Gasteiger partial charge on any atom is -0.497 e. The van der Waals surface area contributed by atoms with E-state index in [4.69, 9.17) is 4.74 Å². The van der Waals surface area contributed by atoms with Gasteiger partial charge in [-0.1, -0.05) is 18.6 Å². The Kier molecular flexibility index (Phi) is 4.04. The number of methoxy groups -OCH3 is 1. The number of rotatable bonds is 4. The van der Waals surface area contributed by atoms with Crippen LogP contribution in [0.3, 0.4) is 0 Å². The van der Waals surface area contributed by atoms with Gasteiger partial charge < -0.3 is 9.64 Å². The topological polar surface area (TPSA) is 29.5 Å². The molecule has 3 aliphatic rings. The van der Waals surface area contributed by atoms with E-state index in [1.54, 1.807) is 7.11 Å². The predicted octanol–water partition coefficient (Wildman–Crippen LogP) is 4.19. The molecule has 0 radical (unpaired) electrons. The van der Waals surface area contributed by atoms with Gasteiger partial charge in [0.05, 0.1) is 13.2 Å². The van der Waals surface area contributed by atoms with Gasteiger partial charge in [-0.2, -0.15) is 0 Å². The maximum absolute atomic E-state index is 12.9. The van der Waals surface area contributed by atoms with Crippen molar-refractivity contribution in [3.05, 3.63) is 29.8 Å². The number of fused-ring (bicyclic) bond motifs is 2. The molecule has 1 aromatic rings. The molecule has 0 aromatic heterocycles. The van der Waals surface area contributed by atoms with Gasteiger partial charge in [-0.3, -0.25) is 4.79 Å². The van der Waals surface area contributed by atoms with Crippen molar-refractivity contribution in [2.24, 2.45) is 17.8 Å². The summed E-state index contributed by atoms with van der Waals surface area (Å²) in [7, 11) is 1.69. The average molecular weight is 313 g/mol. The van der Waals surface area contributed by atoms with Crippen LogP contribution in [0.15, 0.2) is 24.3 Å². The molecule has 3 heteroatoms. The minimum atomic E-state index is 0.270. The van der Waals surface area contributed by atoms with Gasteiger partial charge in [0, 0.05) is 13.0 Å². The Morgan fingerprint density at radius 3 is 2.65 bits per heavy atom. The molecule has 4 atom stereocenters. The van der Waals surface area contributed by atoms with E-state index in [9.17, 15) is 4.79 Å². The second kappa shape index (κ2) is 6.18. The minimum absolute atomic E-state index is 0.270. The van der Waals surface area contributed by atoms with Crippen molar-refractivity contribution >= 4 is 5.91 Å². The fourth-order valence-corrected chi connectivity index (χ4v) is 5.21. The van der Waals surface area contributed by atoms with Gasteiger partial charge >= 0.3 is 0 Å². The maximum atomic E-state index is 12.9. The van der Waals surface area contributed by atoms with E-state index in [0.717, 1.165) is 43.4 Å². The quantitative estimate of drug-likeness (QED) is 0.834. The van der Waals surface area contributed by atoms with Crippen LogP contribution >= 0.6 is 0 Å². The molecular formula is C20H27NO2. The number of nitrogens with zero attached hydrogens (tertiary/aromatic N) is 1. The standard InChI is InChI=1S/C20H27NO2/c1-23-18-8-6-15(7-9-18)19-3-2-10-21(19)20(22)13-17-12-14-4-5-16(17)11-14/h6-9,14,16-17,19H,2-5,10-13H2,1H3. The van der Waals surface area contributed by atoms with Gasteiger partial charge in [-0.15, -0.1) is 0 Å². The first-order valence-corrected chi connectivity index (χ1v) is 9.18. The molecule has 2 saturated carbocycles. The highest BCUT2D eigenvalue weighted by Gasteiger charge is 2.41. The summed E-state index contributed by atoms with van der Waals surface area (Å²) in [5.74, 6) is 3.70. The zero-order valence-electron chi connectivity index (χ0n) is 14.0. The molecule has 1 heterocycles. The third-order valence-corrected chi connectivity index (χ3v) is 6.40. The second-order valence-corrected chi connectivity index (χ2v) is 7.66. The molecule has 23 heavy (non-hydrogen) atoms. The Hall–Kier alpha value is -1.51. The second-order valence-electron chi connectivity index (χ2n) is 7.66. The third kappa shape index (κ3) is 2.86. The number of amides is 1. The average Bonchev–Trinajstić information content (AvgIpc) is 3.31. The number of carbonyl (C=O) groups is 1. The molecule has 4 rings (SSSR count). The number of hydrogen-bond acceptors (Lipinski definition) is 2. The first-order chi connectivity index (χ1) is 11.2. The molecule has 1 aliphatic heterocycles. The van der Waals surface area contributed by atoms with Crippen molar-refractivity contribution in [1.82, 2.24) is 4.90 Å². The lowest BCUT2D eigenvalue weighted by Gasteiger charge is -2.28. The van der Waals surface area contributed by atoms with Crippen molar-refractivity contribution in [3.63, 3.8) is 0 Å². The number of ether oxygens (including phenoxy) is 1. The number of hydrogen-bond donors (Lipinski definition) is 0. The van der Waals surface area contributed by atoms with E-state index in [-0.39, 0.29) is 6.04 Å². The Labute approximate surface area is 139 Å². The Morgan fingerprint density at radius 2 is 2.00 bits per heavy atom. The predicted molar refractivity (Wildman–Crippen MR) is 90.2 cm³/mol. The van der Waals surface area contributed by atoms with E-state index >= 15 is 0 Å². The zero-order valence-corrected chi connectivity index (χ0v) is 14.0. The molecule has 1 saturated heterocycles. The summed E-state index contributed by atoms with van der Waals surface area (Å²) in [6.07, 6.45) is 8.47. The van der Waals surface area contributed by atoms with Crippen LogP contribution in [0.5, 0.6) is 5.75 Å². The van der Waals surface area contributed by atoms with E-state index in [0.29, 0.717) is 11.8 Å². The highest BCUT2D eigenvalue weighted by Crippen LogP contribution is 2.50. The Bertz CT molecular complexity index is 568. The SMILES string of the molecule is COc1ccc(C2CCCN2C(=O)CC2CC3CCC2C3)cc1. The molecule has 124 valence electrons. The monoisotopic (exact) mass is 313 g/mol. The lowest BCUT2D eigenvalue weighted by atomic mass is 9.86. The van der Waals surface area contributed by atoms with Gasteiger partial charge in [0.2, 0.25) is 5.91 Å². The molecule has 1 aromatic carbocycles. The van der Waals surface area contributed by atoms with Crippen molar-refractivity contribution in [2.75, 3.05) is 13.7 Å². The summed E-state index contributed by atoms with van der Waals surface area (Å²) < 4.78 is 5.24. The van der Waals surface area contributed by atoms with Crippen molar-refractivity contribution in [3.8, 4) is 5.75 Å². The highest BCUT2D eigenvalue weighted by atomic mass is 16.5. The van der Waals surface area contributed by atoms with Crippen LogP contribution in [-0.4, -0.2) is 24.5 Å². The van der Waals surface area contributed by atoms with Crippen LogP contribution in [0.1, 0.15) is 56.6 Å². The lowest BCUT2D eigenvalue weighted by Crippen LogP contribution is -2.32. The van der Waals surface area contributed by atoms with Gasteiger partial charge in [0.25, 0.3) is 0 Å². The molecule has 0 spiro atoms. The van der Waals surface area contributed by atoms with Gasteiger partial charge in [0.15, 0.2) is 0 Å². The molecule has 3 fully saturated rings. The van der Waals surface area contributed by atoms with E-state index in [1.165, 1.54) is 31.2 Å². The molecule has 2 bridgehead atoms. The van der Waals surface area contributed by atoms with Crippen LogP contribution in [0.2, 0.25) is 0 Å². The largest absolute Gasteiger partial charge is 0.497 e. The fraction of sp³-hybridized carbons (Fsp3) is 0.650. The number of benzene rings is 1. The lowest BCUT2D eigenvalue weighted by molar-refractivity contribution is -0.133. The summed E-state index contributed by atoms with van der Waals surface area (Å²) >= 11 is 0. The first-order valence-electron chi connectivity index (χ1n) is 9.18. The zero-order chi connectivity index (χ0) is 15.8. The molecule has 2 aliphatic carbocycles. The van der Waals surface area contributed by atoms with Gasteiger partial charge in [0.1, 0.15) is 5.75 Å². The van der Waals surface area contributed by atoms with Crippen LogP contribution in [0.25, 0.3) is 0 Å². The fourth-order valence-electron chi connectivity index (χ4n) is 5.21. The number of likely N-dealkylation sites (tertiary alicyclic amines) is 1. The van der Waals surface area contributed by atoms with Gasteiger partial charge in [-0.05, 0) is 67.6 Å². The van der Waals surface area contributed by atoms with Crippen molar-refractivity contribution in [2.45, 2.75) is 51.0 Å². The summed E-state index contributed by atoms with van der Waals surface area (Å²) in [4.78, 5) is 15.0. The summed E-state index contributed by atoms with van der Waals surface area (Å²) in [5, 5.41) is 0. The van der Waals surface area contributed by atoms with Crippen LogP contribution in [-0.2, 0) is 4.79 Å². The smallest absolute Gasteiger partial charge is 0.223 e. The highest BCUT2D eigenvalue weighted by molar-refractivity contribution is 5.77. The molecule has 4 unspecified atom stereocenters. The van der Waals surface area contributed by atoms with Crippen LogP contribution in [0.4, 0.5) is 0 Å². The van der Waals surface area contributed by atoms with Crippen LogP contribution < -0.4 is 4.74 Å². The van der Waals surface area contributed by atoms with Crippen molar-refractivity contribution < 1.29 is 9.53 Å². The maximum Gasteiger partial charge on any atom is 0.223 e. The first kappa shape index (κ1) is 15.0. The summed E-state index contributed by atoms with van der Waals surface area (Å²) in [6.45, 7) is 0.927.